The Bertz CT molecular complexity index is 556. The molecule has 0 saturated carbocycles. The lowest BCUT2D eigenvalue weighted by atomic mass is 10.1. The van der Waals surface area contributed by atoms with Crippen LogP contribution in [-0.2, 0) is 9.47 Å². The van der Waals surface area contributed by atoms with Crippen LogP contribution < -0.4 is 9.47 Å². The Hall–Kier alpha value is -1.30. The van der Waals surface area contributed by atoms with Crippen molar-refractivity contribution in [2.45, 2.75) is 0 Å². The number of hydrogen-bond donors (Lipinski definition) is 0. The van der Waals surface area contributed by atoms with Gasteiger partial charge in [-0.1, -0.05) is 6.07 Å². The molecule has 0 aliphatic rings. The van der Waals surface area contributed by atoms with Crippen molar-refractivity contribution < 1.29 is 18.9 Å². The topological polar surface area (TPSA) is 36.9 Å². The molecule has 4 nitrogen and oxygen atoms in total. The molecular formula is C14H15BrO4. The summed E-state index contributed by atoms with van der Waals surface area (Å²) in [6, 6.07) is 9.72. The Morgan fingerprint density at radius 2 is 1.68 bits per heavy atom. The van der Waals surface area contributed by atoms with Gasteiger partial charge >= 0.3 is 0 Å². The molecule has 5 heteroatoms. The Kier molecular flexibility index (Phi) is 5.01. The molecule has 0 amide bonds. The van der Waals surface area contributed by atoms with Gasteiger partial charge in [0.2, 0.25) is 0 Å². The minimum absolute atomic E-state index is 0.208. The molecule has 0 radical (unpaired) electrons. The molecule has 2 aromatic carbocycles. The molecular weight excluding hydrogens is 312 g/mol. The van der Waals surface area contributed by atoms with Crippen LogP contribution in [0, 0.1) is 0 Å². The van der Waals surface area contributed by atoms with E-state index < -0.39 is 0 Å². The molecule has 0 spiro atoms. The zero-order valence-corrected chi connectivity index (χ0v) is 12.4. The third-order valence-electron chi connectivity index (χ3n) is 2.56. The molecule has 0 saturated heterocycles. The second-order valence-corrected chi connectivity index (χ2v) is 4.72. The van der Waals surface area contributed by atoms with Gasteiger partial charge in [-0.2, -0.15) is 0 Å². The fourth-order valence-corrected chi connectivity index (χ4v) is 2.19. The largest absolute Gasteiger partial charge is 0.468 e. The van der Waals surface area contributed by atoms with E-state index in [1.165, 1.54) is 0 Å². The van der Waals surface area contributed by atoms with Crippen molar-refractivity contribution >= 4 is 26.7 Å². The van der Waals surface area contributed by atoms with Gasteiger partial charge < -0.3 is 18.9 Å². The fourth-order valence-electron chi connectivity index (χ4n) is 1.73. The molecule has 2 aromatic rings. The average Bonchev–Trinajstić information content (AvgIpc) is 2.44. The molecule has 0 bridgehead atoms. The molecule has 102 valence electrons. The number of halogens is 1. The third kappa shape index (κ3) is 3.37. The molecule has 0 aromatic heterocycles. The molecule has 19 heavy (non-hydrogen) atoms. The van der Waals surface area contributed by atoms with Gasteiger partial charge in [0.1, 0.15) is 11.5 Å². The summed E-state index contributed by atoms with van der Waals surface area (Å²) in [6.07, 6.45) is 0. The van der Waals surface area contributed by atoms with E-state index in [2.05, 4.69) is 15.9 Å². The van der Waals surface area contributed by atoms with Crippen LogP contribution in [0.25, 0.3) is 10.8 Å². The normalized spacial score (nSPS) is 10.7. The van der Waals surface area contributed by atoms with Crippen LogP contribution in [0.15, 0.2) is 34.8 Å². The second-order valence-electron chi connectivity index (χ2n) is 3.86. The van der Waals surface area contributed by atoms with Crippen molar-refractivity contribution in [2.24, 2.45) is 0 Å². The summed E-state index contributed by atoms with van der Waals surface area (Å²) in [5, 5.41) is 2.03. The van der Waals surface area contributed by atoms with E-state index in [0.717, 1.165) is 26.7 Å². The molecule has 2 rings (SSSR count). The van der Waals surface area contributed by atoms with Crippen LogP contribution in [0.1, 0.15) is 0 Å². The van der Waals surface area contributed by atoms with Gasteiger partial charge in [0.15, 0.2) is 13.6 Å². The van der Waals surface area contributed by atoms with E-state index in [1.54, 1.807) is 14.2 Å². The van der Waals surface area contributed by atoms with Crippen molar-refractivity contribution in [1.82, 2.24) is 0 Å². The Labute approximate surface area is 120 Å². The van der Waals surface area contributed by atoms with Gasteiger partial charge in [-0.05, 0) is 45.6 Å². The summed E-state index contributed by atoms with van der Waals surface area (Å²) in [4.78, 5) is 0. The number of methoxy groups -OCH3 is 2. The minimum atomic E-state index is 0.208. The molecule has 0 fully saturated rings. The fraction of sp³-hybridized carbons (Fsp3) is 0.286. The minimum Gasteiger partial charge on any atom is -0.468 e. The zero-order valence-electron chi connectivity index (χ0n) is 10.8. The van der Waals surface area contributed by atoms with Gasteiger partial charge in [-0.15, -0.1) is 0 Å². The lowest BCUT2D eigenvalue weighted by Gasteiger charge is -2.12. The van der Waals surface area contributed by atoms with Crippen molar-refractivity contribution in [1.29, 1.82) is 0 Å². The first kappa shape index (κ1) is 14.1. The molecule has 0 heterocycles. The van der Waals surface area contributed by atoms with Crippen LogP contribution >= 0.6 is 15.9 Å². The number of ether oxygens (including phenoxy) is 4. The summed E-state index contributed by atoms with van der Waals surface area (Å²) >= 11 is 3.48. The highest BCUT2D eigenvalue weighted by atomic mass is 79.9. The lowest BCUT2D eigenvalue weighted by Crippen LogP contribution is -2.01. The van der Waals surface area contributed by atoms with Gasteiger partial charge in [-0.25, -0.2) is 0 Å². The Morgan fingerprint density at radius 1 is 0.947 bits per heavy atom. The van der Waals surface area contributed by atoms with E-state index in [1.807, 2.05) is 30.3 Å². The molecule has 0 atom stereocenters. The summed E-state index contributed by atoms with van der Waals surface area (Å²) in [7, 11) is 3.19. The number of fused-ring (bicyclic) bond motifs is 1. The predicted molar refractivity (Wildman–Crippen MR) is 76.7 cm³/mol. The van der Waals surface area contributed by atoms with E-state index in [9.17, 15) is 0 Å². The Balaban J connectivity index is 2.36. The lowest BCUT2D eigenvalue weighted by molar-refractivity contribution is 0.0510. The van der Waals surface area contributed by atoms with E-state index in [4.69, 9.17) is 18.9 Å². The van der Waals surface area contributed by atoms with E-state index in [0.29, 0.717) is 0 Å². The SMILES string of the molecule is COCOc1ccc2c(OCOC)c(Br)ccc2c1. The van der Waals surface area contributed by atoms with E-state index >= 15 is 0 Å². The number of benzene rings is 2. The van der Waals surface area contributed by atoms with Crippen molar-refractivity contribution in [3.8, 4) is 11.5 Å². The summed E-state index contributed by atoms with van der Waals surface area (Å²) in [5.74, 6) is 1.52. The maximum absolute atomic E-state index is 5.59. The maximum Gasteiger partial charge on any atom is 0.188 e. The first-order chi connectivity index (χ1) is 9.26. The summed E-state index contributed by atoms with van der Waals surface area (Å²) < 4.78 is 21.7. The standard InChI is InChI=1S/C14H15BrO4/c1-16-8-18-11-4-5-12-10(7-11)3-6-13(15)14(12)19-9-17-2/h3-7H,8-9H2,1-2H3. The first-order valence-electron chi connectivity index (χ1n) is 5.72. The van der Waals surface area contributed by atoms with Gasteiger partial charge in [0.25, 0.3) is 0 Å². The van der Waals surface area contributed by atoms with Crippen LogP contribution in [0.5, 0.6) is 11.5 Å². The maximum atomic E-state index is 5.59. The molecule has 0 unspecified atom stereocenters. The number of hydrogen-bond acceptors (Lipinski definition) is 4. The zero-order chi connectivity index (χ0) is 13.7. The van der Waals surface area contributed by atoms with Gasteiger partial charge in [0, 0.05) is 19.6 Å². The molecule has 0 aliphatic heterocycles. The predicted octanol–water partition coefficient (Wildman–Crippen LogP) is 3.57. The second kappa shape index (κ2) is 6.75. The van der Waals surface area contributed by atoms with Crippen molar-refractivity contribution in [2.75, 3.05) is 27.8 Å². The van der Waals surface area contributed by atoms with E-state index in [-0.39, 0.29) is 13.6 Å². The van der Waals surface area contributed by atoms with Gasteiger partial charge in [-0.3, -0.25) is 0 Å². The summed E-state index contributed by atoms with van der Waals surface area (Å²) in [6.45, 7) is 0.439. The monoisotopic (exact) mass is 326 g/mol. The highest BCUT2D eigenvalue weighted by molar-refractivity contribution is 9.10. The molecule has 0 aliphatic carbocycles. The van der Waals surface area contributed by atoms with Crippen molar-refractivity contribution in [3.63, 3.8) is 0 Å². The smallest absolute Gasteiger partial charge is 0.188 e. The summed E-state index contributed by atoms with van der Waals surface area (Å²) in [5.41, 5.74) is 0. The quantitative estimate of drug-likeness (QED) is 0.760. The highest BCUT2D eigenvalue weighted by Crippen LogP contribution is 2.35. The van der Waals surface area contributed by atoms with Crippen molar-refractivity contribution in [3.05, 3.63) is 34.8 Å². The average molecular weight is 327 g/mol. The number of rotatable bonds is 6. The van der Waals surface area contributed by atoms with Crippen LogP contribution in [0.4, 0.5) is 0 Å². The van der Waals surface area contributed by atoms with Crippen LogP contribution in [0.2, 0.25) is 0 Å². The Morgan fingerprint density at radius 3 is 2.42 bits per heavy atom. The molecule has 0 N–H and O–H groups in total. The first-order valence-corrected chi connectivity index (χ1v) is 6.51. The van der Waals surface area contributed by atoms with Crippen LogP contribution in [-0.4, -0.2) is 27.8 Å². The van der Waals surface area contributed by atoms with Gasteiger partial charge in [0.05, 0.1) is 4.47 Å². The highest BCUT2D eigenvalue weighted by Gasteiger charge is 2.08. The van der Waals surface area contributed by atoms with Crippen LogP contribution in [0.3, 0.4) is 0 Å². The third-order valence-corrected chi connectivity index (χ3v) is 3.18.